The number of ether oxygens (including phenoxy) is 2. The second-order valence-corrected chi connectivity index (χ2v) is 13.0. The van der Waals surface area contributed by atoms with Gasteiger partial charge in [-0.05, 0) is 72.3 Å². The third-order valence-electron chi connectivity index (χ3n) is 7.78. The number of carbonyl (C=O) groups is 1. The van der Waals surface area contributed by atoms with Gasteiger partial charge in [0.15, 0.2) is 9.84 Å². The molecule has 5 rings (SSSR count). The van der Waals surface area contributed by atoms with E-state index in [1.165, 1.54) is 12.1 Å². The number of anilines is 1. The standard InChI is InChI=1S/C33H33F2N5O5S/c1-2-46(42,43)30-14-6-23(7-15-30)31(16-17-36)38-32(41)24-4-8-25(9-5-24)39-21-29(20-27(39)22-44-33(34)35)45-28-12-10-26(11-13-28)40-19-3-18-37-40/h3-15,18-19,27,29,31,33H,2,16,20-22H2,1H3,(H,38,41)/t27-,29-,31?/m0/s1. The second kappa shape index (κ2) is 14.5. The molecule has 10 nitrogen and oxygen atoms in total. The lowest BCUT2D eigenvalue weighted by atomic mass is 10.0. The number of halogens is 2. The Kier molecular flexibility index (Phi) is 10.3. The monoisotopic (exact) mass is 649 g/mol. The molecule has 1 N–H and O–H groups in total. The Morgan fingerprint density at radius 2 is 1.76 bits per heavy atom. The van der Waals surface area contributed by atoms with Crippen LogP contribution in [0.4, 0.5) is 14.5 Å². The summed E-state index contributed by atoms with van der Waals surface area (Å²) >= 11 is 0. The van der Waals surface area contributed by atoms with E-state index in [1.54, 1.807) is 54.2 Å². The average Bonchev–Trinajstić information content (AvgIpc) is 3.75. The van der Waals surface area contributed by atoms with E-state index in [4.69, 9.17) is 4.74 Å². The molecule has 13 heteroatoms. The van der Waals surface area contributed by atoms with Crippen LogP contribution in [0.3, 0.4) is 0 Å². The van der Waals surface area contributed by atoms with Gasteiger partial charge in [0.2, 0.25) is 0 Å². The first-order valence-corrected chi connectivity index (χ1v) is 16.4. The molecule has 0 saturated carbocycles. The van der Waals surface area contributed by atoms with Crippen molar-refractivity contribution in [2.45, 2.75) is 49.5 Å². The van der Waals surface area contributed by atoms with Crippen LogP contribution in [-0.2, 0) is 14.6 Å². The van der Waals surface area contributed by atoms with Crippen LogP contribution >= 0.6 is 0 Å². The first-order chi connectivity index (χ1) is 22.2. The number of carbonyl (C=O) groups excluding carboxylic acids is 1. The number of aromatic nitrogens is 2. The minimum absolute atomic E-state index is 0.0172. The van der Waals surface area contributed by atoms with Crippen LogP contribution in [0.2, 0.25) is 0 Å². The van der Waals surface area contributed by atoms with Gasteiger partial charge in [-0.25, -0.2) is 13.1 Å². The summed E-state index contributed by atoms with van der Waals surface area (Å²) in [5, 5.41) is 16.4. The van der Waals surface area contributed by atoms with Crippen LogP contribution in [0, 0.1) is 11.3 Å². The summed E-state index contributed by atoms with van der Waals surface area (Å²) in [4.78, 5) is 15.2. The van der Waals surface area contributed by atoms with Crippen LogP contribution in [0.1, 0.15) is 41.7 Å². The molecule has 240 valence electrons. The molecule has 4 aromatic rings. The van der Waals surface area contributed by atoms with Crippen molar-refractivity contribution in [1.29, 1.82) is 5.26 Å². The number of hydrogen-bond acceptors (Lipinski definition) is 8. The predicted molar refractivity (Wildman–Crippen MR) is 167 cm³/mol. The van der Waals surface area contributed by atoms with E-state index in [9.17, 15) is 27.3 Å². The Bertz CT molecular complexity index is 1740. The summed E-state index contributed by atoms with van der Waals surface area (Å²) in [5.74, 6) is 0.181. The van der Waals surface area contributed by atoms with Crippen LogP contribution in [-0.4, -0.2) is 61.8 Å². The van der Waals surface area contributed by atoms with Crippen molar-refractivity contribution in [3.05, 3.63) is 102 Å². The van der Waals surface area contributed by atoms with E-state index < -0.39 is 28.4 Å². The molecule has 0 radical (unpaired) electrons. The predicted octanol–water partition coefficient (Wildman–Crippen LogP) is 5.32. The number of nitrogens with zero attached hydrogens (tertiary/aromatic N) is 4. The minimum atomic E-state index is -3.38. The molecule has 0 spiro atoms. The Morgan fingerprint density at radius 1 is 1.07 bits per heavy atom. The maximum atomic E-state index is 13.1. The summed E-state index contributed by atoms with van der Waals surface area (Å²) in [5.41, 5.74) is 2.52. The first-order valence-electron chi connectivity index (χ1n) is 14.7. The van der Waals surface area contributed by atoms with Crippen LogP contribution < -0.4 is 15.0 Å². The van der Waals surface area contributed by atoms with Crippen molar-refractivity contribution in [2.24, 2.45) is 0 Å². The molecular formula is C33H33F2N5O5S. The highest BCUT2D eigenvalue weighted by molar-refractivity contribution is 7.91. The molecule has 3 atom stereocenters. The molecule has 1 aliphatic heterocycles. The summed E-state index contributed by atoms with van der Waals surface area (Å²) < 4.78 is 62.8. The number of rotatable bonds is 13. The molecule has 3 aromatic carbocycles. The zero-order valence-corrected chi connectivity index (χ0v) is 25.8. The van der Waals surface area contributed by atoms with Crippen molar-refractivity contribution < 1.29 is 31.5 Å². The Balaban J connectivity index is 1.26. The van der Waals surface area contributed by atoms with Crippen molar-refractivity contribution >= 4 is 21.4 Å². The van der Waals surface area contributed by atoms with E-state index in [-0.39, 0.29) is 35.8 Å². The van der Waals surface area contributed by atoms with Crippen LogP contribution in [0.25, 0.3) is 5.69 Å². The molecule has 2 heterocycles. The van der Waals surface area contributed by atoms with Gasteiger partial charge in [0.05, 0.1) is 54.1 Å². The summed E-state index contributed by atoms with van der Waals surface area (Å²) in [6, 6.07) is 23.1. The lowest BCUT2D eigenvalue weighted by Gasteiger charge is -2.26. The van der Waals surface area contributed by atoms with Gasteiger partial charge < -0.3 is 19.7 Å². The zero-order chi connectivity index (χ0) is 32.7. The molecular weight excluding hydrogens is 616 g/mol. The van der Waals surface area contributed by atoms with Gasteiger partial charge in [0, 0.05) is 30.1 Å². The van der Waals surface area contributed by atoms with Gasteiger partial charge in [0.25, 0.3) is 5.91 Å². The molecule has 0 aliphatic carbocycles. The van der Waals surface area contributed by atoms with Gasteiger partial charge in [-0.15, -0.1) is 0 Å². The van der Waals surface area contributed by atoms with E-state index >= 15 is 0 Å². The largest absolute Gasteiger partial charge is 0.489 e. The van der Waals surface area contributed by atoms with Crippen molar-refractivity contribution in [1.82, 2.24) is 15.1 Å². The smallest absolute Gasteiger partial charge is 0.345 e. The van der Waals surface area contributed by atoms with Crippen molar-refractivity contribution in [2.75, 3.05) is 23.8 Å². The van der Waals surface area contributed by atoms with E-state index in [0.29, 0.717) is 35.5 Å². The molecule has 0 bridgehead atoms. The van der Waals surface area contributed by atoms with Gasteiger partial charge in [-0.2, -0.15) is 19.1 Å². The maximum Gasteiger partial charge on any atom is 0.345 e. The lowest BCUT2D eigenvalue weighted by Crippen LogP contribution is -2.34. The number of amides is 1. The van der Waals surface area contributed by atoms with Gasteiger partial charge >= 0.3 is 6.61 Å². The zero-order valence-electron chi connectivity index (χ0n) is 25.0. The summed E-state index contributed by atoms with van der Waals surface area (Å²) in [6.45, 7) is -1.13. The van der Waals surface area contributed by atoms with Crippen LogP contribution in [0.15, 0.2) is 96.2 Å². The van der Waals surface area contributed by atoms with Gasteiger partial charge in [-0.1, -0.05) is 19.1 Å². The molecule has 1 saturated heterocycles. The highest BCUT2D eigenvalue weighted by Gasteiger charge is 2.34. The van der Waals surface area contributed by atoms with Crippen molar-refractivity contribution in [3.8, 4) is 17.5 Å². The number of nitriles is 1. The third kappa shape index (κ3) is 7.88. The number of hydrogen-bond donors (Lipinski definition) is 1. The number of nitrogens with one attached hydrogen (secondary N) is 1. The highest BCUT2D eigenvalue weighted by atomic mass is 32.2. The fourth-order valence-electron chi connectivity index (χ4n) is 5.37. The highest BCUT2D eigenvalue weighted by Crippen LogP contribution is 2.30. The molecule has 1 fully saturated rings. The molecule has 1 amide bonds. The maximum absolute atomic E-state index is 13.1. The van der Waals surface area contributed by atoms with Crippen molar-refractivity contribution in [3.63, 3.8) is 0 Å². The minimum Gasteiger partial charge on any atom is -0.489 e. The molecule has 1 unspecified atom stereocenters. The van der Waals surface area contributed by atoms with Gasteiger partial charge in [-0.3, -0.25) is 4.79 Å². The summed E-state index contributed by atoms with van der Waals surface area (Å²) in [7, 11) is -3.38. The third-order valence-corrected chi connectivity index (χ3v) is 9.53. The van der Waals surface area contributed by atoms with Gasteiger partial charge in [0.1, 0.15) is 11.9 Å². The quantitative estimate of drug-likeness (QED) is 0.206. The first kappa shape index (κ1) is 32.6. The lowest BCUT2D eigenvalue weighted by molar-refractivity contribution is -0.131. The van der Waals surface area contributed by atoms with E-state index in [1.807, 2.05) is 41.4 Å². The molecule has 1 aliphatic rings. The van der Waals surface area contributed by atoms with E-state index in [0.717, 1.165) is 5.69 Å². The Morgan fingerprint density at radius 3 is 2.37 bits per heavy atom. The fraction of sp³-hybridized carbons (Fsp3) is 0.303. The van der Waals surface area contributed by atoms with Crippen LogP contribution in [0.5, 0.6) is 5.75 Å². The average molecular weight is 650 g/mol. The number of alkyl halides is 2. The normalized spacial score (nSPS) is 17.1. The fourth-order valence-corrected chi connectivity index (χ4v) is 6.26. The number of benzene rings is 3. The number of sulfone groups is 1. The summed E-state index contributed by atoms with van der Waals surface area (Å²) in [6.07, 6.45) is 3.66. The molecule has 1 aromatic heterocycles. The molecule has 46 heavy (non-hydrogen) atoms. The van der Waals surface area contributed by atoms with E-state index in [2.05, 4.69) is 21.2 Å². The second-order valence-electron chi connectivity index (χ2n) is 10.7. The Labute approximate surface area is 266 Å². The SMILES string of the molecule is CCS(=O)(=O)c1ccc(C(CC#N)NC(=O)c2ccc(N3C[C@@H](Oc4ccc(-n5cccn5)cc4)C[C@H]3COC(F)F)cc2)cc1. The topological polar surface area (TPSA) is 127 Å². The Hall–Kier alpha value is -4.80.